The number of aromatic nitrogens is 4. The highest BCUT2D eigenvalue weighted by atomic mass is 16.4. The molecule has 0 spiro atoms. The third kappa shape index (κ3) is 5.89. The number of carbonyl (C=O) groups excluding carboxylic acids is 1. The van der Waals surface area contributed by atoms with Gasteiger partial charge in [-0.25, -0.2) is 9.89 Å². The number of unbranched alkanes of at least 4 members (excludes halogenated alkanes) is 1. The summed E-state index contributed by atoms with van der Waals surface area (Å²) < 4.78 is 0. The number of hydrogen-bond donors (Lipinski definition) is 4. The molecular weight excluding hydrogens is 444 g/mol. The van der Waals surface area contributed by atoms with Gasteiger partial charge in [-0.05, 0) is 51.7 Å². The molecule has 1 amide bonds. The molecule has 1 aromatic heterocycles. The van der Waals surface area contributed by atoms with Crippen LogP contribution in [0, 0.1) is 0 Å². The van der Waals surface area contributed by atoms with E-state index in [1.54, 1.807) is 6.07 Å². The van der Waals surface area contributed by atoms with E-state index in [1.807, 2.05) is 55.5 Å². The maximum Gasteiger partial charge on any atom is 0.335 e. The molecule has 0 unspecified atom stereocenters. The van der Waals surface area contributed by atoms with Crippen LogP contribution in [0.15, 0.2) is 66.7 Å². The fraction of sp³-hybridized carbons (Fsp3) is 0.192. The summed E-state index contributed by atoms with van der Waals surface area (Å²) in [5, 5.41) is 29.7. The lowest BCUT2D eigenvalue weighted by molar-refractivity contribution is -0.116. The van der Waals surface area contributed by atoms with Crippen LogP contribution in [0.25, 0.3) is 22.5 Å². The Bertz CT molecular complexity index is 1300. The number of anilines is 2. The summed E-state index contributed by atoms with van der Waals surface area (Å²) in [5.74, 6) is -0.525. The Hall–Kier alpha value is -4.53. The molecule has 0 radical (unpaired) electrons. The number of rotatable bonds is 10. The maximum absolute atomic E-state index is 12.2. The van der Waals surface area contributed by atoms with Gasteiger partial charge in [0.15, 0.2) is 5.82 Å². The summed E-state index contributed by atoms with van der Waals surface area (Å²) in [7, 11) is 0. The number of tetrazole rings is 1. The first-order chi connectivity index (χ1) is 17.0. The molecule has 0 fully saturated rings. The number of nitrogens with one attached hydrogen (secondary N) is 3. The van der Waals surface area contributed by atoms with Crippen molar-refractivity contribution in [3.05, 3.63) is 77.9 Å². The van der Waals surface area contributed by atoms with Crippen molar-refractivity contribution in [1.29, 1.82) is 0 Å². The highest BCUT2D eigenvalue weighted by Crippen LogP contribution is 2.30. The van der Waals surface area contributed by atoms with Crippen molar-refractivity contribution in [2.45, 2.75) is 32.7 Å². The van der Waals surface area contributed by atoms with E-state index < -0.39 is 5.97 Å². The molecule has 0 bridgehead atoms. The van der Waals surface area contributed by atoms with Crippen LogP contribution in [-0.4, -0.2) is 37.6 Å². The van der Waals surface area contributed by atoms with Gasteiger partial charge in [-0.1, -0.05) is 61.9 Å². The van der Waals surface area contributed by atoms with Crippen LogP contribution in [0.5, 0.6) is 0 Å². The van der Waals surface area contributed by atoms with E-state index in [-0.39, 0.29) is 11.5 Å². The summed E-state index contributed by atoms with van der Waals surface area (Å²) in [6, 6.07) is 20.5. The third-order valence-electron chi connectivity index (χ3n) is 5.57. The van der Waals surface area contributed by atoms with Crippen LogP contribution in [-0.2, 0) is 11.3 Å². The molecule has 0 saturated heterocycles. The van der Waals surface area contributed by atoms with Gasteiger partial charge in [0, 0.05) is 18.5 Å². The lowest BCUT2D eigenvalue weighted by Crippen LogP contribution is -2.13. The number of aromatic carboxylic acids is 1. The number of benzene rings is 3. The highest BCUT2D eigenvalue weighted by molar-refractivity contribution is 5.96. The summed E-state index contributed by atoms with van der Waals surface area (Å²) in [4.78, 5) is 23.7. The van der Waals surface area contributed by atoms with Crippen molar-refractivity contribution in [3.8, 4) is 22.5 Å². The Morgan fingerprint density at radius 2 is 1.74 bits per heavy atom. The van der Waals surface area contributed by atoms with Crippen molar-refractivity contribution in [2.24, 2.45) is 0 Å². The van der Waals surface area contributed by atoms with Gasteiger partial charge in [0.2, 0.25) is 5.91 Å². The standard InChI is InChI=1S/C26H26N6O3/c1-2-3-8-24(33)28-22-14-13-19(26(34)35)15-23(22)27-16-17-9-11-18(12-10-17)20-6-4-5-7-21(20)25-29-31-32-30-25/h4-7,9-15,27H,2-3,8,16H2,1H3,(H,28,33)(H,34,35)(H,29,30,31,32). The summed E-state index contributed by atoms with van der Waals surface area (Å²) in [6.07, 6.45) is 2.14. The van der Waals surface area contributed by atoms with Gasteiger partial charge in [-0.3, -0.25) is 4.79 Å². The fourth-order valence-corrected chi connectivity index (χ4v) is 3.70. The van der Waals surface area contributed by atoms with Gasteiger partial charge in [0.1, 0.15) is 0 Å². The lowest BCUT2D eigenvalue weighted by atomic mass is 9.98. The molecule has 178 valence electrons. The SMILES string of the molecule is CCCCC(=O)Nc1ccc(C(=O)O)cc1NCc1ccc(-c2ccccc2-c2nnn[nH]2)cc1. The normalized spacial score (nSPS) is 10.7. The molecule has 35 heavy (non-hydrogen) atoms. The second-order valence-corrected chi connectivity index (χ2v) is 8.06. The number of carboxylic acid groups (broad SMARTS) is 1. The topological polar surface area (TPSA) is 133 Å². The van der Waals surface area contributed by atoms with E-state index in [9.17, 15) is 14.7 Å². The minimum Gasteiger partial charge on any atom is -0.478 e. The third-order valence-corrected chi connectivity index (χ3v) is 5.57. The Morgan fingerprint density at radius 3 is 2.43 bits per heavy atom. The van der Waals surface area contributed by atoms with Crippen LogP contribution in [0.1, 0.15) is 42.1 Å². The minimum atomic E-state index is -1.03. The molecule has 4 N–H and O–H groups in total. The first-order valence-corrected chi connectivity index (χ1v) is 11.4. The molecule has 3 aromatic carbocycles. The molecule has 0 aliphatic rings. The van der Waals surface area contributed by atoms with E-state index >= 15 is 0 Å². The first-order valence-electron chi connectivity index (χ1n) is 11.4. The summed E-state index contributed by atoms with van der Waals surface area (Å²) >= 11 is 0. The highest BCUT2D eigenvalue weighted by Gasteiger charge is 2.12. The maximum atomic E-state index is 12.2. The van der Waals surface area contributed by atoms with E-state index in [0.29, 0.717) is 30.2 Å². The molecular formula is C26H26N6O3. The summed E-state index contributed by atoms with van der Waals surface area (Å²) in [5.41, 5.74) is 5.17. The van der Waals surface area contributed by atoms with E-state index in [2.05, 4.69) is 31.3 Å². The number of amides is 1. The zero-order valence-electron chi connectivity index (χ0n) is 19.3. The molecule has 0 aliphatic carbocycles. The average Bonchev–Trinajstić information content (AvgIpc) is 3.42. The number of carbonyl (C=O) groups is 2. The van der Waals surface area contributed by atoms with Gasteiger partial charge >= 0.3 is 5.97 Å². The smallest absolute Gasteiger partial charge is 0.335 e. The van der Waals surface area contributed by atoms with E-state index in [4.69, 9.17) is 0 Å². The van der Waals surface area contributed by atoms with Crippen LogP contribution < -0.4 is 10.6 Å². The number of nitrogens with zero attached hydrogens (tertiary/aromatic N) is 3. The van der Waals surface area contributed by atoms with E-state index in [0.717, 1.165) is 35.1 Å². The quantitative estimate of drug-likeness (QED) is 0.257. The molecule has 1 heterocycles. The Balaban J connectivity index is 1.51. The number of carboxylic acids is 1. The van der Waals surface area contributed by atoms with Crippen LogP contribution >= 0.6 is 0 Å². The van der Waals surface area contributed by atoms with Gasteiger partial charge in [-0.15, -0.1) is 5.10 Å². The fourth-order valence-electron chi connectivity index (χ4n) is 3.70. The molecule has 9 nitrogen and oxygen atoms in total. The molecule has 0 saturated carbocycles. The largest absolute Gasteiger partial charge is 0.478 e. The van der Waals surface area contributed by atoms with Crippen molar-refractivity contribution in [1.82, 2.24) is 20.6 Å². The second-order valence-electron chi connectivity index (χ2n) is 8.06. The zero-order chi connectivity index (χ0) is 24.6. The number of aromatic amines is 1. The monoisotopic (exact) mass is 470 g/mol. The average molecular weight is 471 g/mol. The molecule has 0 atom stereocenters. The van der Waals surface area contributed by atoms with Crippen LogP contribution in [0.2, 0.25) is 0 Å². The predicted octanol–water partition coefficient (Wildman–Crippen LogP) is 4.97. The predicted molar refractivity (Wildman–Crippen MR) is 134 cm³/mol. The van der Waals surface area contributed by atoms with Crippen LogP contribution in [0.4, 0.5) is 11.4 Å². The minimum absolute atomic E-state index is 0.0945. The Kier molecular flexibility index (Phi) is 7.47. The van der Waals surface area contributed by atoms with Gasteiger partial charge < -0.3 is 15.7 Å². The summed E-state index contributed by atoms with van der Waals surface area (Å²) in [6.45, 7) is 2.48. The Morgan fingerprint density at radius 1 is 0.971 bits per heavy atom. The number of hydrogen-bond acceptors (Lipinski definition) is 6. The van der Waals surface area contributed by atoms with Crippen molar-refractivity contribution in [2.75, 3.05) is 10.6 Å². The van der Waals surface area contributed by atoms with Crippen molar-refractivity contribution < 1.29 is 14.7 Å². The van der Waals surface area contributed by atoms with E-state index in [1.165, 1.54) is 12.1 Å². The van der Waals surface area contributed by atoms with Crippen molar-refractivity contribution in [3.63, 3.8) is 0 Å². The lowest BCUT2D eigenvalue weighted by Gasteiger charge is -2.15. The Labute approximate surface area is 202 Å². The van der Waals surface area contributed by atoms with Gasteiger partial charge in [-0.2, -0.15) is 0 Å². The molecule has 0 aliphatic heterocycles. The van der Waals surface area contributed by atoms with Gasteiger partial charge in [0.25, 0.3) is 0 Å². The number of H-pyrrole nitrogens is 1. The van der Waals surface area contributed by atoms with Gasteiger partial charge in [0.05, 0.1) is 16.9 Å². The first kappa shape index (κ1) is 23.6. The molecule has 9 heteroatoms. The zero-order valence-corrected chi connectivity index (χ0v) is 19.3. The van der Waals surface area contributed by atoms with Crippen LogP contribution in [0.3, 0.4) is 0 Å². The molecule has 4 rings (SSSR count). The second kappa shape index (κ2) is 11.1. The molecule has 4 aromatic rings. The van der Waals surface area contributed by atoms with Crippen molar-refractivity contribution >= 4 is 23.3 Å².